The van der Waals surface area contributed by atoms with Gasteiger partial charge in [0.25, 0.3) is 0 Å². The molecule has 0 aromatic heterocycles. The first-order valence-electron chi connectivity index (χ1n) is 7.14. The number of halogens is 1. The summed E-state index contributed by atoms with van der Waals surface area (Å²) in [5.74, 6) is 0.306. The normalized spacial score (nSPS) is 31.7. The maximum absolute atomic E-state index is 12.7. The van der Waals surface area contributed by atoms with Gasteiger partial charge in [0.2, 0.25) is 5.91 Å². The van der Waals surface area contributed by atoms with Crippen molar-refractivity contribution in [1.82, 2.24) is 15.1 Å². The predicted molar refractivity (Wildman–Crippen MR) is 80.7 cm³/mol. The van der Waals surface area contributed by atoms with E-state index in [1.807, 2.05) is 0 Å². The molecule has 0 bridgehead atoms. The SMILES string of the molecule is CC1CN(C)CCN1C(=O)C1NCCCC1(C)C.Cl. The molecular formula is C14H28ClN3O. The molecule has 2 aliphatic heterocycles. The highest BCUT2D eigenvalue weighted by Gasteiger charge is 2.40. The minimum atomic E-state index is -0.00268. The minimum Gasteiger partial charge on any atom is -0.336 e. The molecule has 112 valence electrons. The lowest BCUT2D eigenvalue weighted by atomic mass is 9.77. The van der Waals surface area contributed by atoms with E-state index >= 15 is 0 Å². The van der Waals surface area contributed by atoms with Crippen molar-refractivity contribution in [3.05, 3.63) is 0 Å². The number of nitrogens with zero attached hydrogens (tertiary/aromatic N) is 2. The summed E-state index contributed by atoms with van der Waals surface area (Å²) in [5.41, 5.74) is 0.0817. The Morgan fingerprint density at radius 1 is 1.32 bits per heavy atom. The van der Waals surface area contributed by atoms with Gasteiger partial charge in [-0.15, -0.1) is 12.4 Å². The molecule has 2 atom stereocenters. The number of rotatable bonds is 1. The van der Waals surface area contributed by atoms with E-state index in [9.17, 15) is 4.79 Å². The van der Waals surface area contributed by atoms with Crippen LogP contribution < -0.4 is 5.32 Å². The van der Waals surface area contributed by atoms with E-state index in [0.717, 1.165) is 32.6 Å². The summed E-state index contributed by atoms with van der Waals surface area (Å²) in [5, 5.41) is 3.43. The van der Waals surface area contributed by atoms with Crippen LogP contribution in [0.25, 0.3) is 0 Å². The van der Waals surface area contributed by atoms with Gasteiger partial charge in [0.15, 0.2) is 0 Å². The molecule has 2 rings (SSSR count). The third-order valence-corrected chi connectivity index (χ3v) is 4.49. The van der Waals surface area contributed by atoms with Crippen LogP contribution in [0.4, 0.5) is 0 Å². The fourth-order valence-electron chi connectivity index (χ4n) is 3.27. The highest BCUT2D eigenvalue weighted by molar-refractivity contribution is 5.85. The van der Waals surface area contributed by atoms with Crippen LogP contribution in [0.5, 0.6) is 0 Å². The molecule has 2 aliphatic rings. The minimum absolute atomic E-state index is 0. The molecule has 5 heteroatoms. The van der Waals surface area contributed by atoms with Gasteiger partial charge >= 0.3 is 0 Å². The molecule has 0 spiro atoms. The number of carbonyl (C=O) groups is 1. The summed E-state index contributed by atoms with van der Waals surface area (Å²) in [4.78, 5) is 17.1. The van der Waals surface area contributed by atoms with Crippen molar-refractivity contribution in [2.75, 3.05) is 33.2 Å². The number of hydrogen-bond donors (Lipinski definition) is 1. The summed E-state index contributed by atoms with van der Waals surface area (Å²) < 4.78 is 0. The highest BCUT2D eigenvalue weighted by Crippen LogP contribution is 2.31. The van der Waals surface area contributed by atoms with Gasteiger partial charge in [0.05, 0.1) is 6.04 Å². The first-order valence-corrected chi connectivity index (χ1v) is 7.14. The Kier molecular flexibility index (Phi) is 5.65. The monoisotopic (exact) mass is 289 g/mol. The summed E-state index contributed by atoms with van der Waals surface area (Å²) in [6.45, 7) is 10.4. The molecule has 2 unspecified atom stereocenters. The van der Waals surface area contributed by atoms with Crippen molar-refractivity contribution in [2.45, 2.75) is 45.7 Å². The Labute approximate surface area is 123 Å². The summed E-state index contributed by atoms with van der Waals surface area (Å²) in [6.07, 6.45) is 2.31. The Hall–Kier alpha value is -0.320. The van der Waals surface area contributed by atoms with Gasteiger partial charge in [0, 0.05) is 25.7 Å². The van der Waals surface area contributed by atoms with E-state index in [0.29, 0.717) is 11.9 Å². The topological polar surface area (TPSA) is 35.6 Å². The fraction of sp³-hybridized carbons (Fsp3) is 0.929. The van der Waals surface area contributed by atoms with Crippen LogP contribution in [-0.2, 0) is 4.79 Å². The number of carbonyl (C=O) groups excluding carboxylic acids is 1. The van der Waals surface area contributed by atoms with E-state index in [1.165, 1.54) is 6.42 Å². The first kappa shape index (κ1) is 16.7. The van der Waals surface area contributed by atoms with Crippen LogP contribution in [-0.4, -0.2) is 61.0 Å². The first-order chi connectivity index (χ1) is 8.42. The van der Waals surface area contributed by atoms with Crippen LogP contribution in [0.15, 0.2) is 0 Å². The molecule has 0 aromatic rings. The van der Waals surface area contributed by atoms with Gasteiger partial charge in [-0.2, -0.15) is 0 Å². The van der Waals surface area contributed by atoms with Crippen molar-refractivity contribution in [3.63, 3.8) is 0 Å². The van der Waals surface area contributed by atoms with Crippen LogP contribution in [0.3, 0.4) is 0 Å². The lowest BCUT2D eigenvalue weighted by molar-refractivity contribution is -0.141. The Morgan fingerprint density at radius 2 is 2.00 bits per heavy atom. The van der Waals surface area contributed by atoms with Crippen LogP contribution >= 0.6 is 12.4 Å². The molecule has 4 nitrogen and oxygen atoms in total. The number of amides is 1. The standard InChI is InChI=1S/C14H27N3O.ClH/c1-11-10-16(4)8-9-17(11)13(18)12-14(2,3)6-5-7-15-12;/h11-12,15H,5-10H2,1-4H3;1H. The van der Waals surface area contributed by atoms with Gasteiger partial charge in [-0.25, -0.2) is 0 Å². The third kappa shape index (κ3) is 3.61. The van der Waals surface area contributed by atoms with Gasteiger partial charge in [-0.3, -0.25) is 4.79 Å². The molecule has 1 amide bonds. The molecule has 0 aliphatic carbocycles. The number of hydrogen-bond acceptors (Lipinski definition) is 3. The largest absolute Gasteiger partial charge is 0.336 e. The second kappa shape index (κ2) is 6.42. The van der Waals surface area contributed by atoms with Crippen molar-refractivity contribution in [3.8, 4) is 0 Å². The maximum atomic E-state index is 12.7. The number of likely N-dealkylation sites (N-methyl/N-ethyl adjacent to an activating group) is 1. The lowest BCUT2D eigenvalue weighted by Crippen LogP contribution is -2.61. The molecular weight excluding hydrogens is 262 g/mol. The zero-order valence-electron chi connectivity index (χ0n) is 12.6. The zero-order valence-corrected chi connectivity index (χ0v) is 13.4. The Balaban J connectivity index is 0.00000180. The van der Waals surface area contributed by atoms with Crippen LogP contribution in [0, 0.1) is 5.41 Å². The van der Waals surface area contributed by atoms with Gasteiger partial charge in [0.1, 0.15) is 0 Å². The molecule has 1 N–H and O–H groups in total. The van der Waals surface area contributed by atoms with Crippen molar-refractivity contribution in [2.24, 2.45) is 5.41 Å². The van der Waals surface area contributed by atoms with Crippen molar-refractivity contribution in [1.29, 1.82) is 0 Å². The zero-order chi connectivity index (χ0) is 13.3. The van der Waals surface area contributed by atoms with E-state index in [2.05, 4.69) is 42.9 Å². The molecule has 2 fully saturated rings. The van der Waals surface area contributed by atoms with E-state index in [-0.39, 0.29) is 23.9 Å². The number of piperazine rings is 1. The van der Waals surface area contributed by atoms with Crippen molar-refractivity contribution >= 4 is 18.3 Å². The molecule has 0 aromatic carbocycles. The Bertz CT molecular complexity index is 322. The molecule has 0 radical (unpaired) electrons. The Morgan fingerprint density at radius 3 is 2.58 bits per heavy atom. The van der Waals surface area contributed by atoms with E-state index in [1.54, 1.807) is 0 Å². The average molecular weight is 290 g/mol. The lowest BCUT2D eigenvalue weighted by Gasteiger charge is -2.45. The van der Waals surface area contributed by atoms with E-state index < -0.39 is 0 Å². The van der Waals surface area contributed by atoms with Gasteiger partial charge in [-0.1, -0.05) is 13.8 Å². The smallest absolute Gasteiger partial charge is 0.240 e. The average Bonchev–Trinajstić information content (AvgIpc) is 2.27. The highest BCUT2D eigenvalue weighted by atomic mass is 35.5. The van der Waals surface area contributed by atoms with Crippen LogP contribution in [0.1, 0.15) is 33.6 Å². The molecule has 2 heterocycles. The molecule has 19 heavy (non-hydrogen) atoms. The number of piperidine rings is 1. The van der Waals surface area contributed by atoms with Crippen LogP contribution in [0.2, 0.25) is 0 Å². The van der Waals surface area contributed by atoms with Gasteiger partial charge in [-0.05, 0) is 38.8 Å². The number of nitrogens with one attached hydrogen (secondary N) is 1. The third-order valence-electron chi connectivity index (χ3n) is 4.49. The molecule has 2 saturated heterocycles. The summed E-state index contributed by atoms with van der Waals surface area (Å²) in [6, 6.07) is 0.327. The van der Waals surface area contributed by atoms with E-state index in [4.69, 9.17) is 0 Å². The summed E-state index contributed by atoms with van der Waals surface area (Å²) in [7, 11) is 2.13. The summed E-state index contributed by atoms with van der Waals surface area (Å²) >= 11 is 0. The second-order valence-electron chi connectivity index (χ2n) is 6.62. The fourth-order valence-corrected chi connectivity index (χ4v) is 3.27. The van der Waals surface area contributed by atoms with Crippen molar-refractivity contribution < 1.29 is 4.79 Å². The quantitative estimate of drug-likeness (QED) is 0.791. The second-order valence-corrected chi connectivity index (χ2v) is 6.62. The van der Waals surface area contributed by atoms with Gasteiger partial charge < -0.3 is 15.1 Å². The maximum Gasteiger partial charge on any atom is 0.240 e. The predicted octanol–water partition coefficient (Wildman–Crippen LogP) is 1.35. The molecule has 0 saturated carbocycles.